The second-order valence-electron chi connectivity index (χ2n) is 5.79. The van der Waals surface area contributed by atoms with Gasteiger partial charge in [0.05, 0.1) is 19.3 Å². The van der Waals surface area contributed by atoms with Crippen LogP contribution in [0.15, 0.2) is 27.8 Å². The van der Waals surface area contributed by atoms with Gasteiger partial charge in [-0.2, -0.15) is 0 Å². The maximum Gasteiger partial charge on any atom is 0.326 e. The molecule has 1 amide bonds. The quantitative estimate of drug-likeness (QED) is 0.630. The van der Waals surface area contributed by atoms with E-state index in [4.69, 9.17) is 15.2 Å². The molecule has 5 N–H and O–H groups in total. The summed E-state index contributed by atoms with van der Waals surface area (Å²) in [6.45, 7) is 1.88. The van der Waals surface area contributed by atoms with E-state index in [1.165, 1.54) is 0 Å². The van der Waals surface area contributed by atoms with Gasteiger partial charge in [-0.05, 0) is 19.1 Å². The van der Waals surface area contributed by atoms with Crippen molar-refractivity contribution in [3.8, 4) is 11.5 Å². The first kappa shape index (κ1) is 16.6. The lowest BCUT2D eigenvalue weighted by Gasteiger charge is -2.31. The molecule has 0 bridgehead atoms. The van der Waals surface area contributed by atoms with Crippen molar-refractivity contribution in [2.75, 3.05) is 12.8 Å². The summed E-state index contributed by atoms with van der Waals surface area (Å²) < 4.78 is 11.0. The molecule has 1 aromatic carbocycles. The summed E-state index contributed by atoms with van der Waals surface area (Å²) in [7, 11) is 1.55. The van der Waals surface area contributed by atoms with Crippen molar-refractivity contribution < 1.29 is 14.3 Å². The topological polar surface area (TPSA) is 139 Å². The molecule has 0 saturated carbocycles. The number of ether oxygens (including phenoxy) is 2. The number of nitrogen functional groups attached to an aromatic ring is 1. The standard InChI is InChI=1S/C16H18N4O5/c1-7-5-10(9-4-3-8(24-2)6-11(9)25-7)18-15(22)13-12(17)14(21)20-16(23)19-13/h3-4,6-7,10H,5,17H2,1-2H3,(H,18,22)(H2,19,20,21,23). The summed E-state index contributed by atoms with van der Waals surface area (Å²) >= 11 is 0. The lowest BCUT2D eigenvalue weighted by Crippen LogP contribution is -2.38. The summed E-state index contributed by atoms with van der Waals surface area (Å²) in [6, 6.07) is 4.95. The highest BCUT2D eigenvalue weighted by molar-refractivity contribution is 5.97. The lowest BCUT2D eigenvalue weighted by atomic mass is 9.96. The number of benzene rings is 1. The monoisotopic (exact) mass is 346 g/mol. The molecular formula is C16H18N4O5. The molecule has 2 atom stereocenters. The Labute approximate surface area is 142 Å². The second-order valence-corrected chi connectivity index (χ2v) is 5.79. The second kappa shape index (κ2) is 6.34. The number of rotatable bonds is 3. The average molecular weight is 346 g/mol. The fourth-order valence-electron chi connectivity index (χ4n) is 2.80. The maximum atomic E-state index is 12.5. The minimum atomic E-state index is -0.806. The Bertz CT molecular complexity index is 933. The average Bonchev–Trinajstić information content (AvgIpc) is 2.57. The summed E-state index contributed by atoms with van der Waals surface area (Å²) in [5.41, 5.74) is 4.17. The van der Waals surface area contributed by atoms with Gasteiger partial charge in [-0.25, -0.2) is 4.79 Å². The van der Waals surface area contributed by atoms with E-state index in [1.54, 1.807) is 25.3 Å². The molecule has 1 aliphatic heterocycles. The molecule has 1 aromatic heterocycles. The number of hydrogen-bond donors (Lipinski definition) is 4. The molecule has 2 unspecified atom stereocenters. The smallest absolute Gasteiger partial charge is 0.326 e. The fraction of sp³-hybridized carbons (Fsp3) is 0.312. The molecule has 1 aliphatic rings. The molecule has 9 heteroatoms. The molecule has 132 valence electrons. The van der Waals surface area contributed by atoms with Crippen molar-refractivity contribution in [1.29, 1.82) is 0 Å². The van der Waals surface area contributed by atoms with Crippen LogP contribution in [0, 0.1) is 0 Å². The van der Waals surface area contributed by atoms with E-state index in [0.29, 0.717) is 17.9 Å². The number of H-pyrrole nitrogens is 2. The number of aromatic nitrogens is 2. The highest BCUT2D eigenvalue weighted by Crippen LogP contribution is 2.37. The zero-order valence-corrected chi connectivity index (χ0v) is 13.7. The van der Waals surface area contributed by atoms with Gasteiger partial charge < -0.3 is 25.5 Å². The first-order chi connectivity index (χ1) is 11.9. The van der Waals surface area contributed by atoms with Crippen molar-refractivity contribution in [3.63, 3.8) is 0 Å². The number of nitrogens with two attached hydrogens (primary N) is 1. The Kier molecular flexibility index (Phi) is 4.22. The van der Waals surface area contributed by atoms with Crippen LogP contribution in [-0.2, 0) is 0 Å². The minimum absolute atomic E-state index is 0.138. The van der Waals surface area contributed by atoms with E-state index < -0.39 is 17.2 Å². The van der Waals surface area contributed by atoms with Gasteiger partial charge in [-0.1, -0.05) is 0 Å². The Balaban J connectivity index is 1.93. The number of aromatic amines is 2. The van der Waals surface area contributed by atoms with Gasteiger partial charge in [0, 0.05) is 18.1 Å². The van der Waals surface area contributed by atoms with Gasteiger partial charge in [0.2, 0.25) is 0 Å². The van der Waals surface area contributed by atoms with Crippen molar-refractivity contribution in [1.82, 2.24) is 15.3 Å². The Morgan fingerprint density at radius 3 is 2.84 bits per heavy atom. The molecular weight excluding hydrogens is 328 g/mol. The van der Waals surface area contributed by atoms with Gasteiger partial charge in [-0.3, -0.25) is 14.6 Å². The number of anilines is 1. The summed E-state index contributed by atoms with van der Waals surface area (Å²) in [4.78, 5) is 39.7. The van der Waals surface area contributed by atoms with Crippen LogP contribution in [0.4, 0.5) is 5.69 Å². The molecule has 0 aliphatic carbocycles. The maximum absolute atomic E-state index is 12.5. The number of methoxy groups -OCH3 is 1. The molecule has 2 heterocycles. The fourth-order valence-corrected chi connectivity index (χ4v) is 2.80. The van der Waals surface area contributed by atoms with Crippen LogP contribution in [0.5, 0.6) is 11.5 Å². The number of nitrogens with one attached hydrogen (secondary N) is 3. The lowest BCUT2D eigenvalue weighted by molar-refractivity contribution is 0.0902. The van der Waals surface area contributed by atoms with Crippen LogP contribution < -0.4 is 31.8 Å². The third-order valence-electron chi connectivity index (χ3n) is 4.00. The van der Waals surface area contributed by atoms with Crippen molar-refractivity contribution in [2.24, 2.45) is 0 Å². The molecule has 3 rings (SSSR count). The van der Waals surface area contributed by atoms with Crippen molar-refractivity contribution in [2.45, 2.75) is 25.5 Å². The van der Waals surface area contributed by atoms with Crippen LogP contribution in [0.25, 0.3) is 0 Å². The zero-order chi connectivity index (χ0) is 18.1. The van der Waals surface area contributed by atoms with E-state index in [0.717, 1.165) is 5.56 Å². The third-order valence-corrected chi connectivity index (χ3v) is 4.00. The van der Waals surface area contributed by atoms with Crippen LogP contribution in [0.2, 0.25) is 0 Å². The summed E-state index contributed by atoms with van der Waals surface area (Å²) in [5.74, 6) is 0.610. The van der Waals surface area contributed by atoms with E-state index in [2.05, 4.69) is 10.3 Å². The van der Waals surface area contributed by atoms with Gasteiger partial charge in [-0.15, -0.1) is 0 Å². The van der Waals surface area contributed by atoms with Crippen LogP contribution in [0.3, 0.4) is 0 Å². The van der Waals surface area contributed by atoms with Gasteiger partial charge in [0.1, 0.15) is 22.9 Å². The predicted molar refractivity (Wildman–Crippen MR) is 90.0 cm³/mol. The van der Waals surface area contributed by atoms with E-state index >= 15 is 0 Å². The summed E-state index contributed by atoms with van der Waals surface area (Å²) in [6.07, 6.45) is 0.388. The Morgan fingerprint density at radius 2 is 2.12 bits per heavy atom. The number of carbonyl (C=O) groups is 1. The number of hydrogen-bond acceptors (Lipinski definition) is 6. The largest absolute Gasteiger partial charge is 0.497 e. The SMILES string of the molecule is COc1ccc2c(c1)OC(C)CC2NC(=O)c1[nH]c(=O)[nH]c(=O)c1N. The van der Waals surface area contributed by atoms with Crippen LogP contribution in [0.1, 0.15) is 35.4 Å². The third kappa shape index (κ3) is 3.21. The Morgan fingerprint density at radius 1 is 1.36 bits per heavy atom. The van der Waals surface area contributed by atoms with E-state index in [1.807, 2.05) is 11.9 Å². The normalized spacial score (nSPS) is 18.8. The van der Waals surface area contributed by atoms with E-state index in [9.17, 15) is 14.4 Å². The van der Waals surface area contributed by atoms with Crippen molar-refractivity contribution in [3.05, 3.63) is 50.3 Å². The zero-order valence-electron chi connectivity index (χ0n) is 13.7. The Hall–Kier alpha value is -3.23. The van der Waals surface area contributed by atoms with Crippen LogP contribution in [-0.4, -0.2) is 29.1 Å². The first-order valence-electron chi connectivity index (χ1n) is 7.66. The molecule has 0 fully saturated rings. The first-order valence-corrected chi connectivity index (χ1v) is 7.66. The molecule has 9 nitrogen and oxygen atoms in total. The van der Waals surface area contributed by atoms with E-state index in [-0.39, 0.29) is 23.5 Å². The van der Waals surface area contributed by atoms with Crippen LogP contribution >= 0.6 is 0 Å². The number of amides is 1. The predicted octanol–water partition coefficient (Wildman–Crippen LogP) is 0.296. The van der Waals surface area contributed by atoms with Gasteiger partial charge >= 0.3 is 5.69 Å². The molecule has 0 radical (unpaired) electrons. The minimum Gasteiger partial charge on any atom is -0.497 e. The summed E-state index contributed by atoms with van der Waals surface area (Å²) in [5, 5.41) is 2.79. The van der Waals surface area contributed by atoms with Gasteiger partial charge in [0.15, 0.2) is 0 Å². The highest BCUT2D eigenvalue weighted by Gasteiger charge is 2.28. The van der Waals surface area contributed by atoms with Gasteiger partial charge in [0.25, 0.3) is 11.5 Å². The molecule has 0 spiro atoms. The number of carbonyl (C=O) groups excluding carboxylic acids is 1. The highest BCUT2D eigenvalue weighted by atomic mass is 16.5. The molecule has 25 heavy (non-hydrogen) atoms. The van der Waals surface area contributed by atoms with Crippen molar-refractivity contribution >= 4 is 11.6 Å². The number of fused-ring (bicyclic) bond motifs is 1. The molecule has 0 saturated heterocycles. The molecule has 2 aromatic rings.